The van der Waals surface area contributed by atoms with Gasteiger partial charge in [-0.3, -0.25) is 4.79 Å². The first-order valence-corrected chi connectivity index (χ1v) is 7.50. The molecular weight excluding hydrogens is 250 g/mol. The molecule has 20 heavy (non-hydrogen) atoms. The Morgan fingerprint density at radius 3 is 2.25 bits per heavy atom. The van der Waals surface area contributed by atoms with E-state index >= 15 is 0 Å². The SMILES string of the molecule is CC(C)CCCC(C)NCc1ccc(CC(=O)O)cc1. The van der Waals surface area contributed by atoms with Crippen molar-refractivity contribution in [3.8, 4) is 0 Å². The van der Waals surface area contributed by atoms with Crippen molar-refractivity contribution in [3.63, 3.8) is 0 Å². The van der Waals surface area contributed by atoms with Crippen LogP contribution in [-0.4, -0.2) is 17.1 Å². The van der Waals surface area contributed by atoms with Gasteiger partial charge in [0.2, 0.25) is 0 Å². The van der Waals surface area contributed by atoms with Gasteiger partial charge < -0.3 is 10.4 Å². The highest BCUT2D eigenvalue weighted by Crippen LogP contribution is 2.09. The Kier molecular flexibility index (Phi) is 7.31. The van der Waals surface area contributed by atoms with Crippen LogP contribution in [0.1, 0.15) is 51.2 Å². The lowest BCUT2D eigenvalue weighted by Crippen LogP contribution is -2.25. The summed E-state index contributed by atoms with van der Waals surface area (Å²) in [4.78, 5) is 10.6. The first-order chi connectivity index (χ1) is 9.47. The standard InChI is InChI=1S/C17H27NO2/c1-13(2)5-4-6-14(3)18-12-16-9-7-15(8-10-16)11-17(19)20/h7-10,13-14,18H,4-6,11-12H2,1-3H3,(H,19,20). The summed E-state index contributed by atoms with van der Waals surface area (Å²) in [6, 6.07) is 8.33. The molecule has 0 radical (unpaired) electrons. The molecule has 0 aliphatic heterocycles. The highest BCUT2D eigenvalue weighted by molar-refractivity contribution is 5.70. The van der Waals surface area contributed by atoms with Gasteiger partial charge in [0.15, 0.2) is 0 Å². The molecule has 0 saturated carbocycles. The molecule has 0 bridgehead atoms. The van der Waals surface area contributed by atoms with Gasteiger partial charge in [0.05, 0.1) is 6.42 Å². The molecule has 0 fully saturated rings. The summed E-state index contributed by atoms with van der Waals surface area (Å²) < 4.78 is 0. The van der Waals surface area contributed by atoms with E-state index in [4.69, 9.17) is 5.11 Å². The fourth-order valence-electron chi connectivity index (χ4n) is 2.18. The third-order valence-corrected chi connectivity index (χ3v) is 3.45. The Balaban J connectivity index is 2.28. The van der Waals surface area contributed by atoms with Gasteiger partial charge in [-0.05, 0) is 30.4 Å². The van der Waals surface area contributed by atoms with E-state index in [2.05, 4.69) is 26.1 Å². The van der Waals surface area contributed by atoms with Crippen LogP contribution >= 0.6 is 0 Å². The molecule has 2 N–H and O–H groups in total. The van der Waals surface area contributed by atoms with Gasteiger partial charge in [-0.15, -0.1) is 0 Å². The third-order valence-electron chi connectivity index (χ3n) is 3.45. The summed E-state index contributed by atoms with van der Waals surface area (Å²) in [5.41, 5.74) is 2.06. The molecular formula is C17H27NO2. The van der Waals surface area contributed by atoms with Crippen LogP contribution in [0.15, 0.2) is 24.3 Å². The fourth-order valence-corrected chi connectivity index (χ4v) is 2.18. The van der Waals surface area contributed by atoms with Gasteiger partial charge in [0, 0.05) is 12.6 Å². The number of carbonyl (C=O) groups is 1. The van der Waals surface area contributed by atoms with Gasteiger partial charge in [0.25, 0.3) is 0 Å². The Morgan fingerprint density at radius 1 is 1.10 bits per heavy atom. The topological polar surface area (TPSA) is 49.3 Å². The van der Waals surface area contributed by atoms with Gasteiger partial charge in [-0.1, -0.05) is 51.0 Å². The summed E-state index contributed by atoms with van der Waals surface area (Å²) in [7, 11) is 0. The summed E-state index contributed by atoms with van der Waals surface area (Å²) >= 11 is 0. The number of nitrogens with one attached hydrogen (secondary N) is 1. The van der Waals surface area contributed by atoms with Crippen molar-refractivity contribution in [3.05, 3.63) is 35.4 Å². The molecule has 0 aliphatic carbocycles. The molecule has 1 unspecified atom stereocenters. The molecule has 1 aromatic rings. The average molecular weight is 277 g/mol. The first kappa shape index (κ1) is 16.7. The third kappa shape index (κ3) is 7.29. The first-order valence-electron chi connectivity index (χ1n) is 7.50. The van der Waals surface area contributed by atoms with E-state index < -0.39 is 5.97 Å². The Bertz CT molecular complexity index is 398. The lowest BCUT2D eigenvalue weighted by Gasteiger charge is -2.14. The van der Waals surface area contributed by atoms with Crippen molar-refractivity contribution in [1.82, 2.24) is 5.32 Å². The molecule has 0 aliphatic rings. The van der Waals surface area contributed by atoms with E-state index in [0.29, 0.717) is 6.04 Å². The lowest BCUT2D eigenvalue weighted by atomic mass is 10.0. The van der Waals surface area contributed by atoms with Crippen LogP contribution in [0.5, 0.6) is 0 Å². The van der Waals surface area contributed by atoms with Crippen LogP contribution in [0.4, 0.5) is 0 Å². The van der Waals surface area contributed by atoms with E-state index in [1.807, 2.05) is 24.3 Å². The predicted molar refractivity (Wildman–Crippen MR) is 82.8 cm³/mol. The smallest absolute Gasteiger partial charge is 0.307 e. The second kappa shape index (κ2) is 8.75. The molecule has 3 nitrogen and oxygen atoms in total. The minimum atomic E-state index is -0.783. The molecule has 1 atom stereocenters. The second-order valence-electron chi connectivity index (χ2n) is 5.99. The van der Waals surface area contributed by atoms with Crippen molar-refractivity contribution >= 4 is 5.97 Å². The zero-order valence-corrected chi connectivity index (χ0v) is 12.9. The minimum Gasteiger partial charge on any atom is -0.481 e. The molecule has 1 rings (SSSR count). The molecule has 112 valence electrons. The molecule has 0 saturated heterocycles. The monoisotopic (exact) mass is 277 g/mol. The summed E-state index contributed by atoms with van der Waals surface area (Å²) in [6.45, 7) is 7.59. The van der Waals surface area contributed by atoms with Crippen molar-refractivity contribution in [2.75, 3.05) is 0 Å². The predicted octanol–water partition coefficient (Wildman–Crippen LogP) is 3.62. The van der Waals surface area contributed by atoms with Gasteiger partial charge >= 0.3 is 5.97 Å². The van der Waals surface area contributed by atoms with Crippen molar-refractivity contribution in [1.29, 1.82) is 0 Å². The van der Waals surface area contributed by atoms with E-state index in [1.54, 1.807) is 0 Å². The normalized spacial score (nSPS) is 12.6. The van der Waals surface area contributed by atoms with Crippen LogP contribution < -0.4 is 5.32 Å². The maximum atomic E-state index is 10.6. The van der Waals surface area contributed by atoms with Crippen LogP contribution in [0, 0.1) is 5.92 Å². The largest absolute Gasteiger partial charge is 0.481 e. The number of hydrogen-bond acceptors (Lipinski definition) is 2. The summed E-state index contributed by atoms with van der Waals surface area (Å²) in [5, 5.41) is 12.2. The average Bonchev–Trinajstić information content (AvgIpc) is 2.37. The zero-order chi connectivity index (χ0) is 15.0. The number of aliphatic carboxylic acids is 1. The van der Waals surface area contributed by atoms with Crippen LogP contribution in [-0.2, 0) is 17.8 Å². The number of carboxylic acid groups (broad SMARTS) is 1. The van der Waals surface area contributed by atoms with Crippen molar-refractivity contribution in [2.24, 2.45) is 5.92 Å². The van der Waals surface area contributed by atoms with E-state index in [-0.39, 0.29) is 6.42 Å². The lowest BCUT2D eigenvalue weighted by molar-refractivity contribution is -0.136. The highest BCUT2D eigenvalue weighted by Gasteiger charge is 2.04. The summed E-state index contributed by atoms with van der Waals surface area (Å²) in [5.74, 6) is -0.00127. The molecule has 3 heteroatoms. The number of hydrogen-bond donors (Lipinski definition) is 2. The highest BCUT2D eigenvalue weighted by atomic mass is 16.4. The van der Waals surface area contributed by atoms with Crippen LogP contribution in [0.3, 0.4) is 0 Å². The van der Waals surface area contributed by atoms with E-state index in [9.17, 15) is 4.79 Å². The second-order valence-corrected chi connectivity index (χ2v) is 5.99. The van der Waals surface area contributed by atoms with E-state index in [0.717, 1.165) is 18.0 Å². The maximum Gasteiger partial charge on any atom is 0.307 e. The van der Waals surface area contributed by atoms with Crippen molar-refractivity contribution in [2.45, 2.75) is 59.0 Å². The van der Waals surface area contributed by atoms with Crippen LogP contribution in [0.25, 0.3) is 0 Å². The molecule has 0 heterocycles. The summed E-state index contributed by atoms with van der Waals surface area (Å²) in [6.07, 6.45) is 3.86. The maximum absolute atomic E-state index is 10.6. The van der Waals surface area contributed by atoms with E-state index in [1.165, 1.54) is 24.8 Å². The Labute approximate surface area is 122 Å². The van der Waals surface area contributed by atoms with Gasteiger partial charge in [-0.2, -0.15) is 0 Å². The molecule has 0 amide bonds. The molecule has 1 aromatic carbocycles. The number of carboxylic acids is 1. The van der Waals surface area contributed by atoms with Crippen LogP contribution in [0.2, 0.25) is 0 Å². The fraction of sp³-hybridized carbons (Fsp3) is 0.588. The number of rotatable bonds is 9. The Morgan fingerprint density at radius 2 is 1.70 bits per heavy atom. The van der Waals surface area contributed by atoms with Crippen molar-refractivity contribution < 1.29 is 9.90 Å². The zero-order valence-electron chi connectivity index (χ0n) is 12.9. The number of benzene rings is 1. The molecule has 0 spiro atoms. The molecule has 0 aromatic heterocycles. The Hall–Kier alpha value is -1.35. The minimum absolute atomic E-state index is 0.0965. The quantitative estimate of drug-likeness (QED) is 0.725. The van der Waals surface area contributed by atoms with Gasteiger partial charge in [0.1, 0.15) is 0 Å². The van der Waals surface area contributed by atoms with Gasteiger partial charge in [-0.25, -0.2) is 0 Å².